The number of hydrogen-bond donors (Lipinski definition) is 0. The van der Waals surface area contributed by atoms with Gasteiger partial charge in [0.25, 0.3) is 0 Å². The fourth-order valence-electron chi connectivity index (χ4n) is 6.01. The molecule has 4 aromatic rings. The van der Waals surface area contributed by atoms with Crippen LogP contribution in [0.1, 0.15) is 22.3 Å². The molecule has 0 heterocycles. The quantitative estimate of drug-likeness (QED) is 0.203. The highest BCUT2D eigenvalue weighted by atomic mass is 35.5. The maximum atomic E-state index is 11.1. The molecule has 212 valence electrons. The Hall–Kier alpha value is -5.50. The smallest absolute Gasteiger partial charge is 0.187 e. The molecule has 4 aromatic carbocycles. The number of rotatable bonds is 6. The minimum atomic E-state index is -1.92. The van der Waals surface area contributed by atoms with Crippen LogP contribution in [0.4, 0.5) is 0 Å². The summed E-state index contributed by atoms with van der Waals surface area (Å²) in [5, 5.41) is 43.9. The summed E-state index contributed by atoms with van der Waals surface area (Å²) in [6.07, 6.45) is 0. The van der Waals surface area contributed by atoms with Crippen molar-refractivity contribution in [2.45, 2.75) is 5.41 Å². The molecule has 1 fully saturated rings. The van der Waals surface area contributed by atoms with Crippen LogP contribution in [0, 0.1) is 50.7 Å². The number of hydrogen-bond acceptors (Lipinski definition) is 6. The average molecular weight is 614 g/mol. The van der Waals surface area contributed by atoms with Gasteiger partial charge >= 0.3 is 0 Å². The van der Waals surface area contributed by atoms with E-state index in [2.05, 4.69) is 24.3 Å². The Kier molecular flexibility index (Phi) is 8.18. The molecule has 0 spiro atoms. The first-order chi connectivity index (χ1) is 21.3. The molecule has 0 aliphatic heterocycles. The first kappa shape index (κ1) is 30.0. The molecule has 1 saturated carbocycles. The van der Waals surface area contributed by atoms with E-state index >= 15 is 0 Å². The molecular formula is C36H22Cl2N4O2. The summed E-state index contributed by atoms with van der Waals surface area (Å²) < 4.78 is 10.8. The monoisotopic (exact) mass is 612 g/mol. The number of methoxy groups -OCH3 is 2. The van der Waals surface area contributed by atoms with Gasteiger partial charge in [0.1, 0.15) is 29.2 Å². The molecule has 0 unspecified atom stereocenters. The third kappa shape index (κ3) is 4.46. The fourth-order valence-corrected chi connectivity index (χ4v) is 6.26. The van der Waals surface area contributed by atoms with Crippen molar-refractivity contribution in [2.24, 2.45) is 5.41 Å². The molecule has 0 aromatic heterocycles. The van der Waals surface area contributed by atoms with Crippen LogP contribution in [0.15, 0.2) is 114 Å². The largest absolute Gasteiger partial charge is 0.497 e. The van der Waals surface area contributed by atoms with Crippen molar-refractivity contribution in [3.8, 4) is 35.8 Å². The second-order valence-corrected chi connectivity index (χ2v) is 10.8. The normalized spacial score (nSPS) is 14.1. The molecule has 0 saturated heterocycles. The van der Waals surface area contributed by atoms with Crippen LogP contribution in [0.3, 0.4) is 0 Å². The van der Waals surface area contributed by atoms with Crippen LogP contribution >= 0.6 is 23.2 Å². The number of nitriles is 4. The molecule has 8 heteroatoms. The highest BCUT2D eigenvalue weighted by molar-refractivity contribution is 6.30. The Morgan fingerprint density at radius 2 is 0.955 bits per heavy atom. The summed E-state index contributed by atoms with van der Waals surface area (Å²) in [4.78, 5) is 0. The van der Waals surface area contributed by atoms with E-state index in [1.165, 1.54) is 0 Å². The molecular weight excluding hydrogens is 591 g/mol. The molecule has 0 amide bonds. The van der Waals surface area contributed by atoms with Crippen molar-refractivity contribution in [3.05, 3.63) is 146 Å². The molecule has 1 aliphatic carbocycles. The summed E-state index contributed by atoms with van der Waals surface area (Å²) >= 11 is 12.6. The second kappa shape index (κ2) is 12.0. The summed E-state index contributed by atoms with van der Waals surface area (Å²) in [5.41, 5.74) is -0.387. The van der Waals surface area contributed by atoms with Crippen molar-refractivity contribution in [3.63, 3.8) is 0 Å². The van der Waals surface area contributed by atoms with Gasteiger partial charge in [-0.15, -0.1) is 0 Å². The van der Waals surface area contributed by atoms with Crippen LogP contribution in [0.2, 0.25) is 10.0 Å². The SMILES string of the molecule is COc1ccc(C(=C2C(=C(C#N)C#N)C(c3ccc(Cl)cc3)(c3ccc(Cl)cc3)C2(C#N)C#N)c2ccc(OC)cc2)cc1. The Balaban J connectivity index is 2.03. The van der Waals surface area contributed by atoms with Crippen LogP contribution in [-0.4, -0.2) is 14.2 Å². The van der Waals surface area contributed by atoms with Crippen molar-refractivity contribution in [2.75, 3.05) is 14.2 Å². The van der Waals surface area contributed by atoms with Crippen molar-refractivity contribution in [1.29, 1.82) is 21.0 Å². The Morgan fingerprint density at radius 1 is 0.568 bits per heavy atom. The van der Waals surface area contributed by atoms with Gasteiger partial charge in [0.05, 0.1) is 31.8 Å². The number of ether oxygens (including phenoxy) is 2. The zero-order valence-electron chi connectivity index (χ0n) is 23.6. The van der Waals surface area contributed by atoms with Crippen molar-refractivity contribution in [1.82, 2.24) is 0 Å². The van der Waals surface area contributed by atoms with E-state index in [9.17, 15) is 21.0 Å². The van der Waals surface area contributed by atoms with Gasteiger partial charge in [-0.2, -0.15) is 21.0 Å². The summed E-state index contributed by atoms with van der Waals surface area (Å²) in [6, 6.07) is 36.6. The van der Waals surface area contributed by atoms with E-state index < -0.39 is 10.8 Å². The van der Waals surface area contributed by atoms with Crippen LogP contribution in [0.25, 0.3) is 5.57 Å². The Bertz CT molecular complexity index is 1840. The van der Waals surface area contributed by atoms with E-state index in [-0.39, 0.29) is 16.7 Å². The Labute approximate surface area is 265 Å². The zero-order chi connectivity index (χ0) is 31.5. The first-order valence-electron chi connectivity index (χ1n) is 13.3. The maximum Gasteiger partial charge on any atom is 0.187 e. The lowest BCUT2D eigenvalue weighted by Crippen LogP contribution is -2.59. The lowest BCUT2D eigenvalue weighted by molar-refractivity contribution is 0.334. The third-order valence-electron chi connectivity index (χ3n) is 7.93. The summed E-state index contributed by atoms with van der Waals surface area (Å²) in [6.45, 7) is 0. The zero-order valence-corrected chi connectivity index (χ0v) is 25.1. The van der Waals surface area contributed by atoms with Gasteiger partial charge in [-0.05, 0) is 76.4 Å². The van der Waals surface area contributed by atoms with Gasteiger partial charge in [-0.1, -0.05) is 71.7 Å². The summed E-state index contributed by atoms with van der Waals surface area (Å²) in [7, 11) is 3.11. The van der Waals surface area contributed by atoms with Gasteiger partial charge in [0.2, 0.25) is 0 Å². The number of allylic oxidation sites excluding steroid dienone is 3. The second-order valence-electron chi connectivity index (χ2n) is 9.92. The standard InChI is InChI=1S/C36H22Cl2N4O2/c1-43-30-15-3-23(4-16-30)32(24-5-17-31(44-2)18-6-24)34-33(25(19-39)20-40)36(35(34,21-41)22-42,26-7-11-28(37)12-8-26)27-9-13-29(38)14-10-27/h3-18H,1-2H3. The van der Waals surface area contributed by atoms with Crippen molar-refractivity contribution < 1.29 is 9.47 Å². The maximum absolute atomic E-state index is 11.1. The minimum absolute atomic E-state index is 0.231. The van der Waals surface area contributed by atoms with Gasteiger partial charge < -0.3 is 9.47 Å². The van der Waals surface area contributed by atoms with E-state index in [1.807, 2.05) is 24.3 Å². The molecule has 6 nitrogen and oxygen atoms in total. The number of benzene rings is 4. The fraction of sp³-hybridized carbons (Fsp3) is 0.111. The average Bonchev–Trinajstić information content (AvgIpc) is 3.07. The predicted molar refractivity (Wildman–Crippen MR) is 168 cm³/mol. The summed E-state index contributed by atoms with van der Waals surface area (Å²) in [5.74, 6) is 1.21. The Morgan fingerprint density at radius 3 is 1.27 bits per heavy atom. The van der Waals surface area contributed by atoms with Gasteiger partial charge in [0, 0.05) is 21.2 Å². The van der Waals surface area contributed by atoms with Gasteiger partial charge in [-0.3, -0.25) is 0 Å². The predicted octanol–water partition coefficient (Wildman–Crippen LogP) is 8.19. The van der Waals surface area contributed by atoms with E-state index in [0.29, 0.717) is 49.4 Å². The third-order valence-corrected chi connectivity index (χ3v) is 8.44. The highest BCUT2D eigenvalue weighted by Crippen LogP contribution is 2.70. The van der Waals surface area contributed by atoms with Gasteiger partial charge in [-0.25, -0.2) is 0 Å². The topological polar surface area (TPSA) is 114 Å². The van der Waals surface area contributed by atoms with Crippen LogP contribution in [-0.2, 0) is 5.41 Å². The molecule has 5 rings (SSSR count). The van der Waals surface area contributed by atoms with Crippen molar-refractivity contribution >= 4 is 28.8 Å². The highest BCUT2D eigenvalue weighted by Gasteiger charge is 2.71. The lowest BCUT2D eigenvalue weighted by atomic mass is 9.38. The first-order valence-corrected chi connectivity index (χ1v) is 14.0. The molecule has 0 atom stereocenters. The molecule has 0 N–H and O–H groups in total. The molecule has 0 bridgehead atoms. The van der Waals surface area contributed by atoms with E-state index in [0.717, 1.165) is 0 Å². The minimum Gasteiger partial charge on any atom is -0.497 e. The number of halogens is 2. The van der Waals surface area contributed by atoms with Gasteiger partial charge in [0.15, 0.2) is 5.41 Å². The van der Waals surface area contributed by atoms with Crippen LogP contribution < -0.4 is 9.47 Å². The molecule has 0 radical (unpaired) electrons. The van der Waals surface area contributed by atoms with E-state index in [1.54, 1.807) is 87.0 Å². The number of nitrogens with zero attached hydrogens (tertiary/aromatic N) is 4. The molecule has 1 aliphatic rings. The lowest BCUT2D eigenvalue weighted by Gasteiger charge is -2.57. The van der Waals surface area contributed by atoms with Crippen LogP contribution in [0.5, 0.6) is 11.5 Å². The van der Waals surface area contributed by atoms with E-state index in [4.69, 9.17) is 32.7 Å². The molecule has 44 heavy (non-hydrogen) atoms.